The molecule has 0 spiro atoms. The normalized spacial score (nSPS) is 10.6. The monoisotopic (exact) mass is 276 g/mol. The van der Waals surface area contributed by atoms with Crippen molar-refractivity contribution in [1.29, 1.82) is 0 Å². The van der Waals surface area contributed by atoms with Crippen molar-refractivity contribution >= 4 is 17.7 Å². The van der Waals surface area contributed by atoms with Crippen LogP contribution in [-0.2, 0) is 19.0 Å². The molecular weight excluding hydrogens is 260 g/mol. The fourth-order valence-corrected chi connectivity index (χ4v) is 1.33. The summed E-state index contributed by atoms with van der Waals surface area (Å²) in [4.78, 5) is 23.1. The minimum absolute atomic E-state index is 0.0345. The van der Waals surface area contributed by atoms with E-state index < -0.39 is 12.1 Å². The maximum Gasteiger partial charge on any atom is 0.513 e. The first-order valence-corrected chi connectivity index (χ1v) is 6.06. The summed E-state index contributed by atoms with van der Waals surface area (Å²) in [6.07, 6.45) is 1.52. The summed E-state index contributed by atoms with van der Waals surface area (Å²) >= 11 is 0. The third-order valence-corrected chi connectivity index (χ3v) is 2.17. The Bertz CT molecular complexity index is 490. The number of ether oxygens (including phenoxy) is 3. The predicted octanol–water partition coefficient (Wildman–Crippen LogP) is 2.93. The Kier molecular flexibility index (Phi) is 6.61. The second-order valence-corrected chi connectivity index (χ2v) is 3.59. The molecule has 0 atom stereocenters. The van der Waals surface area contributed by atoms with Crippen molar-refractivity contribution < 1.29 is 23.8 Å². The molecule has 20 heavy (non-hydrogen) atoms. The van der Waals surface area contributed by atoms with Crippen molar-refractivity contribution in [2.24, 2.45) is 0 Å². The van der Waals surface area contributed by atoms with Gasteiger partial charge in [0.15, 0.2) is 0 Å². The molecule has 0 aliphatic rings. The zero-order chi connectivity index (χ0) is 14.8. The fourth-order valence-electron chi connectivity index (χ4n) is 1.33. The van der Waals surface area contributed by atoms with E-state index in [1.54, 1.807) is 31.2 Å². The molecule has 0 bridgehead atoms. The van der Waals surface area contributed by atoms with Gasteiger partial charge in [-0.2, -0.15) is 0 Å². The highest BCUT2D eigenvalue weighted by Gasteiger charge is 2.14. The van der Waals surface area contributed by atoms with E-state index in [4.69, 9.17) is 9.47 Å². The van der Waals surface area contributed by atoms with Gasteiger partial charge in [-0.05, 0) is 12.5 Å². The van der Waals surface area contributed by atoms with Crippen LogP contribution in [0.5, 0.6) is 0 Å². The molecule has 0 saturated carbocycles. The van der Waals surface area contributed by atoms with E-state index in [9.17, 15) is 9.59 Å². The molecule has 0 amide bonds. The van der Waals surface area contributed by atoms with Crippen LogP contribution in [0.2, 0.25) is 0 Å². The first-order valence-electron chi connectivity index (χ1n) is 6.06. The summed E-state index contributed by atoms with van der Waals surface area (Å²) in [6, 6.07) is 8.75. The number of rotatable bonds is 6. The zero-order valence-corrected chi connectivity index (χ0v) is 11.2. The topological polar surface area (TPSA) is 61.8 Å². The summed E-state index contributed by atoms with van der Waals surface area (Å²) in [5, 5.41) is 0. The Morgan fingerprint density at radius 2 is 1.90 bits per heavy atom. The quantitative estimate of drug-likeness (QED) is 0.346. The molecule has 1 rings (SSSR count). The second kappa shape index (κ2) is 8.53. The maximum absolute atomic E-state index is 11.8. The van der Waals surface area contributed by atoms with E-state index in [2.05, 4.69) is 11.3 Å². The van der Waals surface area contributed by atoms with Crippen LogP contribution < -0.4 is 0 Å². The van der Waals surface area contributed by atoms with Crippen molar-refractivity contribution in [3.63, 3.8) is 0 Å². The number of hydrogen-bond acceptors (Lipinski definition) is 5. The van der Waals surface area contributed by atoms with Crippen LogP contribution in [0, 0.1) is 0 Å². The second-order valence-electron chi connectivity index (χ2n) is 3.59. The van der Waals surface area contributed by atoms with E-state index in [-0.39, 0.29) is 18.8 Å². The molecule has 0 aliphatic heterocycles. The van der Waals surface area contributed by atoms with Gasteiger partial charge in [0.1, 0.15) is 18.4 Å². The van der Waals surface area contributed by atoms with Crippen LogP contribution in [0.3, 0.4) is 0 Å². The van der Waals surface area contributed by atoms with Gasteiger partial charge in [0, 0.05) is 0 Å². The van der Waals surface area contributed by atoms with Crippen molar-refractivity contribution in [2.45, 2.75) is 6.92 Å². The lowest BCUT2D eigenvalue weighted by atomic mass is 10.1. The number of esters is 1. The Balaban J connectivity index is 2.85. The Morgan fingerprint density at radius 3 is 2.50 bits per heavy atom. The number of hydrogen-bond donors (Lipinski definition) is 0. The molecule has 0 fully saturated rings. The molecule has 0 heterocycles. The van der Waals surface area contributed by atoms with Gasteiger partial charge in [0.25, 0.3) is 0 Å². The van der Waals surface area contributed by atoms with Crippen molar-refractivity contribution in [3.8, 4) is 0 Å². The molecule has 5 heteroatoms. The van der Waals surface area contributed by atoms with Gasteiger partial charge in [0.2, 0.25) is 0 Å². The summed E-state index contributed by atoms with van der Waals surface area (Å²) in [5.74, 6) is -0.574. The first-order chi connectivity index (χ1) is 9.69. The molecule has 0 aromatic heterocycles. The van der Waals surface area contributed by atoms with Crippen LogP contribution in [0.1, 0.15) is 12.5 Å². The lowest BCUT2D eigenvalue weighted by molar-refractivity contribution is -0.136. The summed E-state index contributed by atoms with van der Waals surface area (Å²) in [5.41, 5.74) is 0.727. The minimum atomic E-state index is -0.914. The van der Waals surface area contributed by atoms with Crippen LogP contribution in [-0.4, -0.2) is 25.3 Å². The molecule has 5 nitrogen and oxygen atoms in total. The van der Waals surface area contributed by atoms with E-state index in [1.165, 1.54) is 6.08 Å². The van der Waals surface area contributed by atoms with Gasteiger partial charge in [-0.3, -0.25) is 0 Å². The standard InChI is InChI=1S/C15H16O5/c1-3-10-19-15(17)20-11-13(14(16)18-4-2)12-8-6-5-7-9-12/h3,5-9,11H,1,4,10H2,2H3/b13-11+. The van der Waals surface area contributed by atoms with Crippen molar-refractivity contribution in [2.75, 3.05) is 13.2 Å². The lowest BCUT2D eigenvalue weighted by Gasteiger charge is -2.07. The molecular formula is C15H16O5. The average Bonchev–Trinajstić information content (AvgIpc) is 2.46. The highest BCUT2D eigenvalue weighted by atomic mass is 16.7. The minimum Gasteiger partial charge on any atom is -0.462 e. The van der Waals surface area contributed by atoms with Crippen molar-refractivity contribution in [1.82, 2.24) is 0 Å². The predicted molar refractivity (Wildman–Crippen MR) is 73.7 cm³/mol. The SMILES string of the molecule is C=CCOC(=O)O/C=C(/C(=O)OCC)c1ccccc1. The van der Waals surface area contributed by atoms with Gasteiger partial charge in [0.05, 0.1) is 6.61 Å². The number of carbonyl (C=O) groups is 2. The highest BCUT2D eigenvalue weighted by molar-refractivity contribution is 6.16. The molecule has 0 unspecified atom stereocenters. The van der Waals surface area contributed by atoms with Crippen molar-refractivity contribution in [3.05, 3.63) is 54.8 Å². The first kappa shape index (κ1) is 15.5. The Labute approximate surface area is 117 Å². The van der Waals surface area contributed by atoms with E-state index >= 15 is 0 Å². The van der Waals surface area contributed by atoms with Gasteiger partial charge in [-0.1, -0.05) is 43.0 Å². The van der Waals surface area contributed by atoms with Gasteiger partial charge >= 0.3 is 12.1 Å². The van der Waals surface area contributed by atoms with E-state index in [0.717, 1.165) is 6.26 Å². The van der Waals surface area contributed by atoms with E-state index in [1.807, 2.05) is 6.07 Å². The summed E-state index contributed by atoms with van der Waals surface area (Å²) in [6.45, 7) is 5.36. The van der Waals surface area contributed by atoms with Crippen LogP contribution in [0.25, 0.3) is 5.57 Å². The van der Waals surface area contributed by atoms with Gasteiger partial charge in [-0.25, -0.2) is 9.59 Å². The number of benzene rings is 1. The summed E-state index contributed by atoms with van der Waals surface area (Å²) in [7, 11) is 0. The average molecular weight is 276 g/mol. The Hall–Kier alpha value is -2.56. The van der Waals surface area contributed by atoms with Gasteiger partial charge in [-0.15, -0.1) is 0 Å². The molecule has 106 valence electrons. The summed E-state index contributed by atoms with van der Waals surface area (Å²) < 4.78 is 14.3. The van der Waals surface area contributed by atoms with Crippen LogP contribution >= 0.6 is 0 Å². The van der Waals surface area contributed by atoms with Crippen LogP contribution in [0.15, 0.2) is 49.2 Å². The maximum atomic E-state index is 11.8. The molecule has 0 aliphatic carbocycles. The Morgan fingerprint density at radius 1 is 1.20 bits per heavy atom. The highest BCUT2D eigenvalue weighted by Crippen LogP contribution is 2.16. The smallest absolute Gasteiger partial charge is 0.462 e. The molecule has 1 aromatic rings. The third-order valence-electron chi connectivity index (χ3n) is 2.17. The molecule has 0 radical (unpaired) electrons. The fraction of sp³-hybridized carbons (Fsp3) is 0.200. The largest absolute Gasteiger partial charge is 0.513 e. The zero-order valence-electron chi connectivity index (χ0n) is 11.2. The molecule has 0 saturated heterocycles. The van der Waals surface area contributed by atoms with E-state index in [0.29, 0.717) is 5.56 Å². The molecule has 0 N–H and O–H groups in total. The van der Waals surface area contributed by atoms with Gasteiger partial charge < -0.3 is 14.2 Å². The number of carbonyl (C=O) groups excluding carboxylic acids is 2. The van der Waals surface area contributed by atoms with Crippen LogP contribution in [0.4, 0.5) is 4.79 Å². The lowest BCUT2D eigenvalue weighted by Crippen LogP contribution is -2.09. The third kappa shape index (κ3) is 4.97. The molecule has 1 aromatic carbocycles.